The molecule has 0 aromatic carbocycles. The first-order valence-electron chi connectivity index (χ1n) is 7.41. The van der Waals surface area contributed by atoms with E-state index in [-0.39, 0.29) is 6.03 Å². The van der Waals surface area contributed by atoms with Crippen molar-refractivity contribution in [2.24, 2.45) is 5.92 Å². The Morgan fingerprint density at radius 3 is 2.53 bits per heavy atom. The van der Waals surface area contributed by atoms with Gasteiger partial charge < -0.3 is 14.9 Å². The van der Waals surface area contributed by atoms with Crippen molar-refractivity contribution in [2.75, 3.05) is 19.6 Å². The zero-order valence-corrected chi connectivity index (χ0v) is 11.7. The number of rotatable bonds is 2. The molecule has 0 aliphatic carbocycles. The second-order valence-corrected chi connectivity index (χ2v) is 5.66. The van der Waals surface area contributed by atoms with Crippen molar-refractivity contribution in [1.29, 1.82) is 0 Å². The van der Waals surface area contributed by atoms with E-state index >= 15 is 0 Å². The smallest absolute Gasteiger partial charge is 0.326 e. The maximum absolute atomic E-state index is 12.5. The molecule has 1 unspecified atom stereocenters. The molecule has 2 heterocycles. The van der Waals surface area contributed by atoms with Gasteiger partial charge in [-0.05, 0) is 38.0 Å². The largest absolute Gasteiger partial charge is 0.480 e. The van der Waals surface area contributed by atoms with Gasteiger partial charge in [-0.3, -0.25) is 0 Å². The molecule has 19 heavy (non-hydrogen) atoms. The molecule has 108 valence electrons. The summed E-state index contributed by atoms with van der Waals surface area (Å²) in [7, 11) is 0. The van der Waals surface area contributed by atoms with Gasteiger partial charge in [-0.15, -0.1) is 0 Å². The molecule has 2 aliphatic heterocycles. The molecule has 0 spiro atoms. The predicted molar refractivity (Wildman–Crippen MR) is 72.0 cm³/mol. The Balaban J connectivity index is 1.97. The number of urea groups is 1. The number of nitrogens with zero attached hydrogens (tertiary/aromatic N) is 2. The zero-order valence-electron chi connectivity index (χ0n) is 11.7. The molecule has 2 rings (SSSR count). The fourth-order valence-electron chi connectivity index (χ4n) is 3.20. The van der Waals surface area contributed by atoms with Crippen molar-refractivity contribution < 1.29 is 14.7 Å². The quantitative estimate of drug-likeness (QED) is 0.835. The van der Waals surface area contributed by atoms with E-state index in [4.69, 9.17) is 5.11 Å². The fraction of sp³-hybridized carbons (Fsp3) is 0.857. The molecule has 2 aliphatic rings. The molecule has 2 fully saturated rings. The molecule has 5 heteroatoms. The minimum atomic E-state index is -0.868. The third-order valence-electron chi connectivity index (χ3n) is 4.48. The van der Waals surface area contributed by atoms with Crippen LogP contribution >= 0.6 is 0 Å². The van der Waals surface area contributed by atoms with Gasteiger partial charge in [-0.2, -0.15) is 0 Å². The highest BCUT2D eigenvalue weighted by atomic mass is 16.4. The van der Waals surface area contributed by atoms with E-state index in [0.29, 0.717) is 18.9 Å². The first kappa shape index (κ1) is 14.2. The molecule has 2 atom stereocenters. The summed E-state index contributed by atoms with van der Waals surface area (Å²) in [5.41, 5.74) is 0. The van der Waals surface area contributed by atoms with Crippen LogP contribution in [0.25, 0.3) is 0 Å². The van der Waals surface area contributed by atoms with Crippen LogP contribution in [0.2, 0.25) is 0 Å². The highest BCUT2D eigenvalue weighted by Crippen LogP contribution is 2.24. The summed E-state index contributed by atoms with van der Waals surface area (Å²) in [4.78, 5) is 27.0. The van der Waals surface area contributed by atoms with E-state index in [9.17, 15) is 9.59 Å². The summed E-state index contributed by atoms with van der Waals surface area (Å²) < 4.78 is 0. The van der Waals surface area contributed by atoms with Crippen LogP contribution in [0.3, 0.4) is 0 Å². The van der Waals surface area contributed by atoms with E-state index in [0.717, 1.165) is 32.4 Å². The average molecular weight is 268 g/mol. The van der Waals surface area contributed by atoms with Crippen molar-refractivity contribution in [1.82, 2.24) is 9.80 Å². The molecule has 0 bridgehead atoms. The number of carboxylic acid groups (broad SMARTS) is 1. The standard InChI is InChI=1S/C14H24N2O3/c1-2-11-5-3-8-15(10-7-11)14(19)16-9-4-6-12(16)13(17)18/h11-12H,2-10H2,1H3,(H,17,18)/t11?,12-/m0/s1. The number of amides is 2. The van der Waals surface area contributed by atoms with Crippen LogP contribution in [0.15, 0.2) is 0 Å². The average Bonchev–Trinajstić information content (AvgIpc) is 2.76. The van der Waals surface area contributed by atoms with Crippen LogP contribution in [-0.4, -0.2) is 52.6 Å². The third-order valence-corrected chi connectivity index (χ3v) is 4.48. The Labute approximate surface area is 114 Å². The van der Waals surface area contributed by atoms with Gasteiger partial charge in [0.05, 0.1) is 0 Å². The summed E-state index contributed by atoms with van der Waals surface area (Å²) in [5, 5.41) is 9.15. The maximum atomic E-state index is 12.5. The Hall–Kier alpha value is -1.26. The summed E-state index contributed by atoms with van der Waals surface area (Å²) in [5.74, 6) is -0.154. The molecular weight excluding hydrogens is 244 g/mol. The highest BCUT2D eigenvalue weighted by molar-refractivity contribution is 5.83. The first-order chi connectivity index (χ1) is 9.13. The van der Waals surface area contributed by atoms with E-state index < -0.39 is 12.0 Å². The Morgan fingerprint density at radius 1 is 1.11 bits per heavy atom. The van der Waals surface area contributed by atoms with Gasteiger partial charge in [0.15, 0.2) is 0 Å². The van der Waals surface area contributed by atoms with Crippen molar-refractivity contribution >= 4 is 12.0 Å². The van der Waals surface area contributed by atoms with Crippen LogP contribution < -0.4 is 0 Å². The molecular formula is C14H24N2O3. The Kier molecular flexibility index (Phi) is 4.66. The van der Waals surface area contributed by atoms with Crippen LogP contribution in [0.1, 0.15) is 45.4 Å². The minimum Gasteiger partial charge on any atom is -0.480 e. The number of carboxylic acids is 1. The Bertz CT molecular complexity index is 346. The summed E-state index contributed by atoms with van der Waals surface area (Å²) in [6, 6.07) is -0.681. The number of carbonyl (C=O) groups excluding carboxylic acids is 1. The summed E-state index contributed by atoms with van der Waals surface area (Å²) in [6.07, 6.45) is 5.83. The lowest BCUT2D eigenvalue weighted by atomic mass is 9.98. The van der Waals surface area contributed by atoms with E-state index in [2.05, 4.69) is 6.92 Å². The lowest BCUT2D eigenvalue weighted by Gasteiger charge is -2.29. The van der Waals surface area contributed by atoms with Crippen molar-refractivity contribution in [2.45, 2.75) is 51.5 Å². The van der Waals surface area contributed by atoms with Gasteiger partial charge >= 0.3 is 12.0 Å². The number of carbonyl (C=O) groups is 2. The molecule has 2 amide bonds. The minimum absolute atomic E-state index is 0.0679. The van der Waals surface area contributed by atoms with Gasteiger partial charge in [0.2, 0.25) is 0 Å². The second-order valence-electron chi connectivity index (χ2n) is 5.66. The monoisotopic (exact) mass is 268 g/mol. The lowest BCUT2D eigenvalue weighted by Crippen LogP contribution is -2.48. The number of hydrogen-bond donors (Lipinski definition) is 1. The van der Waals surface area contributed by atoms with Crippen LogP contribution in [0.4, 0.5) is 4.79 Å². The maximum Gasteiger partial charge on any atom is 0.326 e. The van der Waals surface area contributed by atoms with E-state index in [1.807, 2.05) is 4.90 Å². The fourth-order valence-corrected chi connectivity index (χ4v) is 3.20. The summed E-state index contributed by atoms with van der Waals surface area (Å²) in [6.45, 7) is 4.34. The lowest BCUT2D eigenvalue weighted by molar-refractivity contribution is -0.141. The normalized spacial score (nSPS) is 28.3. The number of hydrogen-bond acceptors (Lipinski definition) is 2. The number of aliphatic carboxylic acids is 1. The van der Waals surface area contributed by atoms with Crippen LogP contribution in [0.5, 0.6) is 0 Å². The molecule has 2 saturated heterocycles. The topological polar surface area (TPSA) is 60.9 Å². The second kappa shape index (κ2) is 6.26. The summed E-state index contributed by atoms with van der Waals surface area (Å²) >= 11 is 0. The Morgan fingerprint density at radius 2 is 1.84 bits per heavy atom. The molecule has 0 saturated carbocycles. The van der Waals surface area contributed by atoms with Gasteiger partial charge in [0.1, 0.15) is 6.04 Å². The van der Waals surface area contributed by atoms with Gasteiger partial charge in [0.25, 0.3) is 0 Å². The molecule has 0 aromatic rings. The van der Waals surface area contributed by atoms with E-state index in [1.165, 1.54) is 12.8 Å². The predicted octanol–water partition coefficient (Wildman–Crippen LogP) is 2.17. The third kappa shape index (κ3) is 3.19. The molecule has 0 aromatic heterocycles. The van der Waals surface area contributed by atoms with Gasteiger partial charge in [-0.1, -0.05) is 13.3 Å². The van der Waals surface area contributed by atoms with Gasteiger partial charge in [0, 0.05) is 19.6 Å². The molecule has 1 N–H and O–H groups in total. The zero-order chi connectivity index (χ0) is 13.8. The molecule has 5 nitrogen and oxygen atoms in total. The van der Waals surface area contributed by atoms with Gasteiger partial charge in [-0.25, -0.2) is 9.59 Å². The first-order valence-corrected chi connectivity index (χ1v) is 7.41. The van der Waals surface area contributed by atoms with Crippen LogP contribution in [0, 0.1) is 5.92 Å². The van der Waals surface area contributed by atoms with Crippen molar-refractivity contribution in [3.8, 4) is 0 Å². The van der Waals surface area contributed by atoms with Crippen LogP contribution in [-0.2, 0) is 4.79 Å². The highest BCUT2D eigenvalue weighted by Gasteiger charge is 2.36. The van der Waals surface area contributed by atoms with Crippen molar-refractivity contribution in [3.63, 3.8) is 0 Å². The van der Waals surface area contributed by atoms with E-state index in [1.54, 1.807) is 4.90 Å². The SMILES string of the molecule is CCC1CCCN(C(=O)N2CCC[C@H]2C(=O)O)CC1. The molecule has 0 radical (unpaired) electrons. The number of likely N-dealkylation sites (tertiary alicyclic amines) is 2. The van der Waals surface area contributed by atoms with Crippen molar-refractivity contribution in [3.05, 3.63) is 0 Å².